The molecule has 0 aromatic heterocycles. The maximum Gasteiger partial charge on any atom is 0.309 e. The molecule has 20 heavy (non-hydrogen) atoms. The Morgan fingerprint density at radius 1 is 1.40 bits per heavy atom. The molecule has 4 heteroatoms. The molecule has 0 aromatic carbocycles. The lowest BCUT2D eigenvalue weighted by Crippen LogP contribution is -2.39. The van der Waals surface area contributed by atoms with Crippen molar-refractivity contribution in [1.29, 1.82) is 0 Å². The van der Waals surface area contributed by atoms with Gasteiger partial charge in [0.1, 0.15) is 0 Å². The van der Waals surface area contributed by atoms with Crippen molar-refractivity contribution in [2.45, 2.75) is 58.9 Å². The van der Waals surface area contributed by atoms with Gasteiger partial charge in [0.05, 0.1) is 5.41 Å². The van der Waals surface area contributed by atoms with Gasteiger partial charge in [0, 0.05) is 12.6 Å². The van der Waals surface area contributed by atoms with E-state index in [-0.39, 0.29) is 0 Å². The molecule has 1 aliphatic heterocycles. The SMILES string of the molecule is CCN1CCCC1CN(C)CCCCC(C)(C)C(=O)O. The van der Waals surface area contributed by atoms with Gasteiger partial charge < -0.3 is 10.0 Å². The Morgan fingerprint density at radius 3 is 2.70 bits per heavy atom. The fraction of sp³-hybridized carbons (Fsp3) is 0.938. The molecule has 118 valence electrons. The van der Waals surface area contributed by atoms with Gasteiger partial charge in [0.2, 0.25) is 0 Å². The lowest BCUT2D eigenvalue weighted by Gasteiger charge is -2.28. The Balaban J connectivity index is 2.17. The quantitative estimate of drug-likeness (QED) is 0.661. The largest absolute Gasteiger partial charge is 0.481 e. The molecule has 0 aliphatic carbocycles. The minimum absolute atomic E-state index is 0.580. The van der Waals surface area contributed by atoms with Gasteiger partial charge in [-0.2, -0.15) is 0 Å². The monoisotopic (exact) mass is 284 g/mol. The molecule has 1 atom stereocenters. The number of likely N-dealkylation sites (tertiary alicyclic amines) is 1. The predicted molar refractivity (Wildman–Crippen MR) is 83.0 cm³/mol. The van der Waals surface area contributed by atoms with E-state index in [0.717, 1.165) is 44.9 Å². The first-order valence-electron chi connectivity index (χ1n) is 8.03. The Morgan fingerprint density at radius 2 is 2.10 bits per heavy atom. The van der Waals surface area contributed by atoms with Crippen LogP contribution in [0.5, 0.6) is 0 Å². The van der Waals surface area contributed by atoms with E-state index < -0.39 is 11.4 Å². The highest BCUT2D eigenvalue weighted by Gasteiger charge is 2.26. The van der Waals surface area contributed by atoms with Crippen molar-refractivity contribution in [2.24, 2.45) is 5.41 Å². The lowest BCUT2D eigenvalue weighted by molar-refractivity contribution is -0.147. The number of nitrogens with zero attached hydrogens (tertiary/aromatic N) is 2. The van der Waals surface area contributed by atoms with Crippen molar-refractivity contribution in [3.05, 3.63) is 0 Å². The fourth-order valence-electron chi connectivity index (χ4n) is 3.02. The van der Waals surface area contributed by atoms with Crippen molar-refractivity contribution in [3.8, 4) is 0 Å². The third kappa shape index (κ3) is 5.41. The highest BCUT2D eigenvalue weighted by Crippen LogP contribution is 2.23. The van der Waals surface area contributed by atoms with Crippen molar-refractivity contribution >= 4 is 5.97 Å². The topological polar surface area (TPSA) is 43.8 Å². The minimum Gasteiger partial charge on any atom is -0.481 e. The van der Waals surface area contributed by atoms with Crippen molar-refractivity contribution in [1.82, 2.24) is 9.80 Å². The number of aliphatic carboxylic acids is 1. The van der Waals surface area contributed by atoms with E-state index in [1.165, 1.54) is 19.4 Å². The normalized spacial score (nSPS) is 20.8. The fourth-order valence-corrected chi connectivity index (χ4v) is 3.02. The van der Waals surface area contributed by atoms with Crippen LogP contribution in [0.15, 0.2) is 0 Å². The number of hydrogen-bond donors (Lipinski definition) is 1. The summed E-state index contributed by atoms with van der Waals surface area (Å²) in [7, 11) is 2.19. The van der Waals surface area contributed by atoms with Gasteiger partial charge in [0.25, 0.3) is 0 Å². The maximum atomic E-state index is 11.0. The van der Waals surface area contributed by atoms with E-state index in [1.807, 2.05) is 13.8 Å². The predicted octanol–water partition coefficient (Wildman–Crippen LogP) is 2.68. The van der Waals surface area contributed by atoms with Gasteiger partial charge in [-0.15, -0.1) is 0 Å². The first kappa shape index (κ1) is 17.4. The summed E-state index contributed by atoms with van der Waals surface area (Å²) in [4.78, 5) is 16.0. The van der Waals surface area contributed by atoms with E-state index in [1.54, 1.807) is 0 Å². The van der Waals surface area contributed by atoms with Crippen molar-refractivity contribution in [3.63, 3.8) is 0 Å². The van der Waals surface area contributed by atoms with Crippen LogP contribution in [0, 0.1) is 5.41 Å². The molecule has 0 radical (unpaired) electrons. The zero-order chi connectivity index (χ0) is 15.2. The second kappa shape index (κ2) is 7.99. The van der Waals surface area contributed by atoms with Crippen molar-refractivity contribution < 1.29 is 9.90 Å². The Kier molecular flexibility index (Phi) is 6.96. The first-order valence-corrected chi connectivity index (χ1v) is 8.03. The minimum atomic E-state index is -0.685. The number of carboxylic acid groups (broad SMARTS) is 1. The molecular weight excluding hydrogens is 252 g/mol. The Hall–Kier alpha value is -0.610. The summed E-state index contributed by atoms with van der Waals surface area (Å²) in [6.07, 6.45) is 5.50. The Labute approximate surface area is 124 Å². The van der Waals surface area contributed by atoms with Crippen LogP contribution in [-0.2, 0) is 4.79 Å². The van der Waals surface area contributed by atoms with Crippen LogP contribution in [0.25, 0.3) is 0 Å². The second-order valence-electron chi connectivity index (χ2n) is 6.83. The lowest BCUT2D eigenvalue weighted by atomic mass is 9.87. The molecule has 1 fully saturated rings. The molecule has 0 bridgehead atoms. The highest BCUT2D eigenvalue weighted by molar-refractivity contribution is 5.73. The number of hydrogen-bond acceptors (Lipinski definition) is 3. The van der Waals surface area contributed by atoms with Gasteiger partial charge >= 0.3 is 5.97 Å². The van der Waals surface area contributed by atoms with Crippen LogP contribution < -0.4 is 0 Å². The van der Waals surface area contributed by atoms with E-state index in [2.05, 4.69) is 23.8 Å². The molecule has 0 saturated carbocycles. The summed E-state index contributed by atoms with van der Waals surface area (Å²) in [5.41, 5.74) is -0.580. The van der Waals surface area contributed by atoms with E-state index in [0.29, 0.717) is 0 Å². The molecule has 1 heterocycles. The smallest absolute Gasteiger partial charge is 0.309 e. The maximum absolute atomic E-state index is 11.0. The molecule has 0 amide bonds. The summed E-state index contributed by atoms with van der Waals surface area (Å²) < 4.78 is 0. The first-order chi connectivity index (χ1) is 9.36. The van der Waals surface area contributed by atoms with Crippen LogP contribution in [0.4, 0.5) is 0 Å². The van der Waals surface area contributed by atoms with Crippen LogP contribution in [0.2, 0.25) is 0 Å². The summed E-state index contributed by atoms with van der Waals surface area (Å²) in [5, 5.41) is 9.08. The van der Waals surface area contributed by atoms with Gasteiger partial charge in [0.15, 0.2) is 0 Å². The molecule has 1 N–H and O–H groups in total. The number of likely N-dealkylation sites (N-methyl/N-ethyl adjacent to an activating group) is 2. The van der Waals surface area contributed by atoms with Crippen LogP contribution in [0.3, 0.4) is 0 Å². The molecule has 1 unspecified atom stereocenters. The molecule has 0 spiro atoms. The van der Waals surface area contributed by atoms with Gasteiger partial charge in [-0.1, -0.05) is 13.3 Å². The van der Waals surface area contributed by atoms with Gasteiger partial charge in [-0.25, -0.2) is 0 Å². The van der Waals surface area contributed by atoms with Gasteiger partial charge in [-0.05, 0) is 66.2 Å². The zero-order valence-corrected chi connectivity index (χ0v) is 13.7. The third-order valence-electron chi connectivity index (χ3n) is 4.60. The van der Waals surface area contributed by atoms with Gasteiger partial charge in [-0.3, -0.25) is 9.69 Å². The molecule has 1 saturated heterocycles. The van der Waals surface area contributed by atoms with E-state index in [4.69, 9.17) is 5.11 Å². The third-order valence-corrected chi connectivity index (χ3v) is 4.60. The number of carboxylic acids is 1. The average Bonchev–Trinajstić information content (AvgIpc) is 2.81. The van der Waals surface area contributed by atoms with Crippen LogP contribution in [0.1, 0.15) is 52.9 Å². The summed E-state index contributed by atoms with van der Waals surface area (Å²) >= 11 is 0. The van der Waals surface area contributed by atoms with Crippen LogP contribution in [-0.4, -0.2) is 60.1 Å². The van der Waals surface area contributed by atoms with E-state index >= 15 is 0 Å². The molecule has 4 nitrogen and oxygen atoms in total. The molecular formula is C16H32N2O2. The standard InChI is InChI=1S/C16H32N2O2/c1-5-18-12-8-9-14(18)13-17(4)11-7-6-10-16(2,3)15(19)20/h14H,5-13H2,1-4H3,(H,19,20). The Bertz CT molecular complexity index is 305. The van der Waals surface area contributed by atoms with Crippen LogP contribution >= 0.6 is 0 Å². The number of rotatable bonds is 9. The molecule has 1 rings (SSSR count). The summed E-state index contributed by atoms with van der Waals surface area (Å²) in [6.45, 7) is 10.5. The summed E-state index contributed by atoms with van der Waals surface area (Å²) in [6, 6.07) is 0.723. The average molecular weight is 284 g/mol. The second-order valence-corrected chi connectivity index (χ2v) is 6.83. The highest BCUT2D eigenvalue weighted by atomic mass is 16.4. The van der Waals surface area contributed by atoms with Crippen molar-refractivity contribution in [2.75, 3.05) is 33.2 Å². The van der Waals surface area contributed by atoms with E-state index in [9.17, 15) is 4.79 Å². The number of unbranched alkanes of at least 4 members (excludes halogenated alkanes) is 1. The summed E-state index contributed by atoms with van der Waals surface area (Å²) in [5.74, 6) is -0.685. The number of carbonyl (C=O) groups is 1. The molecule has 1 aliphatic rings. The molecule has 0 aromatic rings. The zero-order valence-electron chi connectivity index (χ0n) is 13.7.